The molecule has 0 aliphatic carbocycles. The Morgan fingerprint density at radius 1 is 0.897 bits per heavy atom. The van der Waals surface area contributed by atoms with E-state index in [1.165, 1.54) is 27.3 Å². The summed E-state index contributed by atoms with van der Waals surface area (Å²) in [5.41, 5.74) is 2.19. The van der Waals surface area contributed by atoms with E-state index in [1.54, 1.807) is 48.5 Å². The second-order valence-corrected chi connectivity index (χ2v) is 6.19. The maximum absolute atomic E-state index is 12.7. The van der Waals surface area contributed by atoms with Crippen LogP contribution in [0, 0.1) is 0 Å². The average molecular weight is 391 g/mol. The minimum Gasteiger partial charge on any atom is -0.496 e. The Morgan fingerprint density at radius 2 is 1.59 bits per heavy atom. The number of nitrogens with one attached hydrogen (secondary N) is 2. The topological polar surface area (TPSA) is 89.5 Å². The molecule has 1 aromatic heterocycles. The normalized spacial score (nSPS) is 10.2. The number of amides is 1. The smallest absolute Gasteiger partial charge is 0.263 e. The van der Waals surface area contributed by atoms with Gasteiger partial charge in [0, 0.05) is 11.3 Å². The molecule has 0 bridgehead atoms. The van der Waals surface area contributed by atoms with Gasteiger partial charge in [0.05, 0.1) is 26.1 Å². The van der Waals surface area contributed by atoms with Crippen molar-refractivity contribution in [3.63, 3.8) is 0 Å². The quantitative estimate of drug-likeness (QED) is 0.584. The molecule has 3 rings (SSSR count). The van der Waals surface area contributed by atoms with Gasteiger partial charge in [0.2, 0.25) is 0 Å². The number of ketones is 1. The third-order valence-electron chi connectivity index (χ3n) is 4.22. The van der Waals surface area contributed by atoms with Crippen molar-refractivity contribution in [3.05, 3.63) is 71.9 Å². The summed E-state index contributed by atoms with van der Waals surface area (Å²) in [6.07, 6.45) is 1.54. The summed E-state index contributed by atoms with van der Waals surface area (Å²) in [4.78, 5) is 28.5. The molecule has 148 valence electrons. The maximum Gasteiger partial charge on any atom is 0.263 e. The van der Waals surface area contributed by atoms with E-state index in [2.05, 4.69) is 15.6 Å². The molecule has 1 amide bonds. The number of methoxy groups -OCH3 is 2. The van der Waals surface area contributed by atoms with E-state index in [0.717, 1.165) is 5.69 Å². The zero-order chi connectivity index (χ0) is 20.8. The molecule has 1 heterocycles. The second-order valence-electron chi connectivity index (χ2n) is 6.19. The molecule has 2 aromatic carbocycles. The molecule has 0 unspecified atom stereocenters. The van der Waals surface area contributed by atoms with Gasteiger partial charge in [-0.2, -0.15) is 0 Å². The molecule has 0 radical (unpaired) electrons. The van der Waals surface area contributed by atoms with Gasteiger partial charge in [0.25, 0.3) is 5.91 Å². The van der Waals surface area contributed by atoms with Gasteiger partial charge in [0.15, 0.2) is 5.78 Å². The molecular formula is C22H21N3O4. The Bertz CT molecular complexity index is 1010. The molecule has 0 saturated carbocycles. The van der Waals surface area contributed by atoms with Crippen molar-refractivity contribution < 1.29 is 19.1 Å². The van der Waals surface area contributed by atoms with Crippen LogP contribution in [0.1, 0.15) is 27.6 Å². The summed E-state index contributed by atoms with van der Waals surface area (Å²) in [5, 5.41) is 5.92. The fourth-order valence-electron chi connectivity index (χ4n) is 2.77. The van der Waals surface area contributed by atoms with Gasteiger partial charge in [-0.25, -0.2) is 4.98 Å². The lowest BCUT2D eigenvalue weighted by atomic mass is 10.1. The molecule has 3 aromatic rings. The van der Waals surface area contributed by atoms with Crippen molar-refractivity contribution in [2.75, 3.05) is 24.9 Å². The number of aromatic nitrogens is 1. The first kappa shape index (κ1) is 19.9. The van der Waals surface area contributed by atoms with E-state index in [-0.39, 0.29) is 11.7 Å². The van der Waals surface area contributed by atoms with Crippen LogP contribution < -0.4 is 20.1 Å². The molecule has 0 saturated heterocycles. The van der Waals surface area contributed by atoms with Crippen LogP contribution in [0.25, 0.3) is 0 Å². The van der Waals surface area contributed by atoms with E-state index in [4.69, 9.17) is 9.47 Å². The highest BCUT2D eigenvalue weighted by Crippen LogP contribution is 2.29. The highest BCUT2D eigenvalue weighted by Gasteiger charge is 2.18. The predicted octanol–water partition coefficient (Wildman–Crippen LogP) is 4.30. The largest absolute Gasteiger partial charge is 0.496 e. The van der Waals surface area contributed by atoms with Crippen LogP contribution in [0.3, 0.4) is 0 Å². The third-order valence-corrected chi connectivity index (χ3v) is 4.22. The third kappa shape index (κ3) is 4.70. The number of hydrogen-bond acceptors (Lipinski definition) is 6. The zero-order valence-electron chi connectivity index (χ0n) is 16.4. The lowest BCUT2D eigenvalue weighted by molar-refractivity contribution is 0.101. The molecule has 2 N–H and O–H groups in total. The highest BCUT2D eigenvalue weighted by atomic mass is 16.5. The van der Waals surface area contributed by atoms with Gasteiger partial charge in [0.1, 0.15) is 22.9 Å². The number of hydrogen-bond donors (Lipinski definition) is 2. The first-order chi connectivity index (χ1) is 14.0. The van der Waals surface area contributed by atoms with Crippen molar-refractivity contribution in [2.24, 2.45) is 0 Å². The Hall–Kier alpha value is -3.87. The summed E-state index contributed by atoms with van der Waals surface area (Å²) in [6.45, 7) is 1.52. The van der Waals surface area contributed by atoms with Gasteiger partial charge in [-0.05, 0) is 43.3 Å². The number of pyridine rings is 1. The van der Waals surface area contributed by atoms with Gasteiger partial charge in [-0.15, -0.1) is 0 Å². The maximum atomic E-state index is 12.7. The second kappa shape index (κ2) is 8.88. The van der Waals surface area contributed by atoms with Crippen LogP contribution in [-0.4, -0.2) is 30.9 Å². The fraction of sp³-hybridized carbons (Fsp3) is 0.136. The number of anilines is 3. The molecule has 0 atom stereocenters. The minimum absolute atomic E-state index is 0.00793. The van der Waals surface area contributed by atoms with Gasteiger partial charge >= 0.3 is 0 Å². The molecular weight excluding hydrogens is 370 g/mol. The number of Topliss-reactive ketones (excluding diaryl/α,β-unsaturated/α-hetero) is 1. The summed E-state index contributed by atoms with van der Waals surface area (Å²) >= 11 is 0. The van der Waals surface area contributed by atoms with Crippen LogP contribution in [0.4, 0.5) is 17.2 Å². The van der Waals surface area contributed by atoms with Crippen molar-refractivity contribution in [1.82, 2.24) is 4.98 Å². The molecule has 7 heteroatoms. The average Bonchev–Trinajstić information content (AvgIpc) is 2.74. The molecule has 7 nitrogen and oxygen atoms in total. The van der Waals surface area contributed by atoms with Crippen molar-refractivity contribution in [1.29, 1.82) is 0 Å². The first-order valence-electron chi connectivity index (χ1n) is 8.88. The summed E-state index contributed by atoms with van der Waals surface area (Å²) in [6, 6.07) is 15.7. The summed E-state index contributed by atoms with van der Waals surface area (Å²) < 4.78 is 10.5. The first-order valence-corrected chi connectivity index (χ1v) is 8.88. The Kier molecular flexibility index (Phi) is 6.09. The van der Waals surface area contributed by atoms with E-state index in [9.17, 15) is 9.59 Å². The molecule has 0 aliphatic rings. The van der Waals surface area contributed by atoms with Crippen molar-refractivity contribution in [2.45, 2.75) is 6.92 Å². The van der Waals surface area contributed by atoms with Crippen molar-refractivity contribution in [3.8, 4) is 11.5 Å². The van der Waals surface area contributed by atoms with Crippen molar-refractivity contribution >= 4 is 28.9 Å². The lowest BCUT2D eigenvalue weighted by Crippen LogP contribution is -2.14. The van der Waals surface area contributed by atoms with Crippen LogP contribution in [0.15, 0.2) is 60.8 Å². The Labute approximate surface area is 168 Å². The molecule has 0 spiro atoms. The number of carbonyl (C=O) groups excluding carboxylic acids is 2. The monoisotopic (exact) mass is 391 g/mol. The van der Waals surface area contributed by atoms with E-state index in [0.29, 0.717) is 34.1 Å². The van der Waals surface area contributed by atoms with Crippen LogP contribution in [-0.2, 0) is 0 Å². The Balaban J connectivity index is 1.74. The van der Waals surface area contributed by atoms with E-state index >= 15 is 0 Å². The minimum atomic E-state index is -0.365. The highest BCUT2D eigenvalue weighted by molar-refractivity contribution is 6.08. The summed E-state index contributed by atoms with van der Waals surface area (Å²) in [5.74, 6) is 1.04. The number of ether oxygens (including phenoxy) is 2. The fourth-order valence-corrected chi connectivity index (χ4v) is 2.77. The standard InChI is InChI=1S/C22H21N3O4/c1-14(26)15-6-4-7-16(12-15)24-20-11-10-17(13-23-20)25-22(27)21-18(28-2)8-5-9-19(21)29-3/h4-13H,1-3H3,(H,23,24)(H,25,27). The van der Waals surface area contributed by atoms with Crippen LogP contribution in [0.5, 0.6) is 11.5 Å². The SMILES string of the molecule is COc1cccc(OC)c1C(=O)Nc1ccc(Nc2cccc(C(C)=O)c2)nc1. The number of benzene rings is 2. The number of rotatable bonds is 7. The van der Waals surface area contributed by atoms with Gasteiger partial charge < -0.3 is 20.1 Å². The van der Waals surface area contributed by atoms with E-state index in [1.807, 2.05) is 6.07 Å². The number of nitrogens with zero attached hydrogens (tertiary/aromatic N) is 1. The van der Waals surface area contributed by atoms with Gasteiger partial charge in [-0.1, -0.05) is 18.2 Å². The Morgan fingerprint density at radius 3 is 2.17 bits per heavy atom. The summed E-state index contributed by atoms with van der Waals surface area (Å²) in [7, 11) is 2.99. The zero-order valence-corrected chi connectivity index (χ0v) is 16.4. The molecule has 0 fully saturated rings. The van der Waals surface area contributed by atoms with Gasteiger partial charge in [-0.3, -0.25) is 9.59 Å². The predicted molar refractivity (Wildman–Crippen MR) is 111 cm³/mol. The molecule has 29 heavy (non-hydrogen) atoms. The number of carbonyl (C=O) groups is 2. The lowest BCUT2D eigenvalue weighted by Gasteiger charge is -2.13. The van der Waals surface area contributed by atoms with E-state index < -0.39 is 0 Å². The van der Waals surface area contributed by atoms with Crippen LogP contribution >= 0.6 is 0 Å². The van der Waals surface area contributed by atoms with Crippen LogP contribution in [0.2, 0.25) is 0 Å². The molecule has 0 aliphatic heterocycles.